The molecule has 2 heterocycles. The van der Waals surface area contributed by atoms with Crippen molar-refractivity contribution in [1.82, 2.24) is 15.1 Å². The summed E-state index contributed by atoms with van der Waals surface area (Å²) in [7, 11) is 0. The second kappa shape index (κ2) is 7.78. The Bertz CT molecular complexity index is 1110. The lowest BCUT2D eigenvalue weighted by Gasteiger charge is -2.26. The minimum Gasteiger partial charge on any atom is -0.481 e. The first-order chi connectivity index (χ1) is 14.5. The molecule has 0 saturated carbocycles. The average molecular weight is 406 g/mol. The molecule has 2 aromatic carbocycles. The van der Waals surface area contributed by atoms with Crippen LogP contribution in [0, 0.1) is 10.1 Å². The van der Waals surface area contributed by atoms with E-state index in [0.717, 1.165) is 5.56 Å². The molecule has 1 aromatic heterocycles. The zero-order valence-electron chi connectivity index (χ0n) is 15.8. The van der Waals surface area contributed by atoms with E-state index < -0.39 is 16.9 Å². The summed E-state index contributed by atoms with van der Waals surface area (Å²) in [6, 6.07) is 14.9. The number of hydrogen-bond donors (Lipinski definition) is 2. The van der Waals surface area contributed by atoms with Gasteiger partial charge in [0.1, 0.15) is 5.69 Å². The predicted octanol–water partition coefficient (Wildman–Crippen LogP) is 3.39. The molecule has 0 radical (unpaired) electrons. The quantitative estimate of drug-likeness (QED) is 0.457. The average Bonchev–Trinajstić information content (AvgIpc) is 3.28. The molecule has 9 heteroatoms. The minimum atomic E-state index is -0.932. The van der Waals surface area contributed by atoms with Gasteiger partial charge in [-0.2, -0.15) is 5.10 Å². The summed E-state index contributed by atoms with van der Waals surface area (Å²) in [5, 5.41) is 27.2. The van der Waals surface area contributed by atoms with Crippen molar-refractivity contribution in [2.24, 2.45) is 0 Å². The number of aliphatic carboxylic acids is 1. The predicted molar refractivity (Wildman–Crippen MR) is 107 cm³/mol. The topological polar surface area (TPSA) is 129 Å². The number of benzene rings is 2. The molecule has 1 aliphatic heterocycles. The van der Waals surface area contributed by atoms with E-state index in [2.05, 4.69) is 10.2 Å². The number of carbonyl (C=O) groups excluding carboxylic acids is 1. The van der Waals surface area contributed by atoms with Crippen LogP contribution in [0.4, 0.5) is 5.69 Å². The molecule has 0 fully saturated rings. The molecule has 4 rings (SSSR count). The Morgan fingerprint density at radius 3 is 2.50 bits per heavy atom. The summed E-state index contributed by atoms with van der Waals surface area (Å²) in [6.07, 6.45) is 0.234. The fourth-order valence-corrected chi connectivity index (χ4v) is 3.77. The van der Waals surface area contributed by atoms with Crippen LogP contribution in [0.1, 0.15) is 40.5 Å². The van der Waals surface area contributed by atoms with Crippen LogP contribution in [0.3, 0.4) is 0 Å². The molecule has 1 amide bonds. The molecular weight excluding hydrogens is 388 g/mol. The molecule has 0 saturated heterocycles. The SMILES string of the molecule is O=C(O)CCCN1C(=O)c2[nH]nc(-c3ccccc3)c2C1c1ccc([N+](=O)[O-])cc1. The first-order valence-corrected chi connectivity index (χ1v) is 9.38. The maximum atomic E-state index is 13.1. The number of fused-ring (bicyclic) bond motifs is 1. The van der Waals surface area contributed by atoms with Gasteiger partial charge in [-0.15, -0.1) is 0 Å². The first-order valence-electron chi connectivity index (χ1n) is 9.38. The van der Waals surface area contributed by atoms with E-state index in [-0.39, 0.29) is 24.6 Å². The normalized spacial score (nSPS) is 15.3. The lowest BCUT2D eigenvalue weighted by Crippen LogP contribution is -2.30. The van der Waals surface area contributed by atoms with Gasteiger partial charge in [-0.05, 0) is 24.1 Å². The van der Waals surface area contributed by atoms with E-state index in [1.54, 1.807) is 17.0 Å². The number of nitro benzene ring substituents is 1. The molecular formula is C21H18N4O5. The zero-order chi connectivity index (χ0) is 21.3. The van der Waals surface area contributed by atoms with Gasteiger partial charge in [-0.1, -0.05) is 30.3 Å². The highest BCUT2D eigenvalue weighted by Crippen LogP contribution is 2.43. The Morgan fingerprint density at radius 1 is 1.17 bits per heavy atom. The third-order valence-corrected chi connectivity index (χ3v) is 5.12. The van der Waals surface area contributed by atoms with Crippen molar-refractivity contribution in [3.05, 3.63) is 81.5 Å². The second-order valence-electron chi connectivity index (χ2n) is 6.97. The Kier molecular flexibility index (Phi) is 5.01. The Morgan fingerprint density at radius 2 is 1.87 bits per heavy atom. The van der Waals surface area contributed by atoms with E-state index in [1.807, 2.05) is 30.3 Å². The number of carboxylic acid groups (broad SMARTS) is 1. The molecule has 2 N–H and O–H groups in total. The third kappa shape index (κ3) is 3.41. The molecule has 1 aliphatic rings. The van der Waals surface area contributed by atoms with E-state index in [0.29, 0.717) is 28.9 Å². The smallest absolute Gasteiger partial charge is 0.303 e. The maximum absolute atomic E-state index is 13.1. The van der Waals surface area contributed by atoms with E-state index in [1.165, 1.54) is 12.1 Å². The van der Waals surface area contributed by atoms with Crippen molar-refractivity contribution in [1.29, 1.82) is 0 Å². The standard InChI is InChI=1S/C21H18N4O5/c26-16(27)7-4-12-24-20(14-8-10-15(11-9-14)25(29)30)17-18(13-5-2-1-3-6-13)22-23-19(17)21(24)28/h1-3,5-6,8-11,20H,4,7,12H2,(H,22,23)(H,26,27). The number of hydrogen-bond acceptors (Lipinski definition) is 5. The van der Waals surface area contributed by atoms with Gasteiger partial charge in [0.15, 0.2) is 0 Å². The number of H-pyrrole nitrogens is 1. The van der Waals surface area contributed by atoms with E-state index in [4.69, 9.17) is 5.11 Å². The highest BCUT2D eigenvalue weighted by Gasteiger charge is 2.42. The van der Waals surface area contributed by atoms with E-state index >= 15 is 0 Å². The Labute approximate surface area is 171 Å². The fourth-order valence-electron chi connectivity index (χ4n) is 3.77. The number of nitrogens with zero attached hydrogens (tertiary/aromatic N) is 3. The van der Waals surface area contributed by atoms with Crippen LogP contribution in [0.5, 0.6) is 0 Å². The van der Waals surface area contributed by atoms with Gasteiger partial charge in [0, 0.05) is 36.2 Å². The number of amides is 1. The summed E-state index contributed by atoms with van der Waals surface area (Å²) < 4.78 is 0. The number of carboxylic acids is 1. The van der Waals surface area contributed by atoms with Crippen LogP contribution in [0.15, 0.2) is 54.6 Å². The van der Waals surface area contributed by atoms with Crippen molar-refractivity contribution < 1.29 is 19.6 Å². The minimum absolute atomic E-state index is 0.0452. The number of rotatable bonds is 7. The van der Waals surface area contributed by atoms with Gasteiger partial charge in [-0.3, -0.25) is 24.8 Å². The van der Waals surface area contributed by atoms with Crippen molar-refractivity contribution in [2.75, 3.05) is 6.54 Å². The van der Waals surface area contributed by atoms with Crippen molar-refractivity contribution in [3.63, 3.8) is 0 Å². The van der Waals surface area contributed by atoms with Crippen LogP contribution in [0.25, 0.3) is 11.3 Å². The van der Waals surface area contributed by atoms with Crippen LogP contribution in [-0.2, 0) is 4.79 Å². The zero-order valence-corrected chi connectivity index (χ0v) is 15.8. The van der Waals surface area contributed by atoms with Crippen LogP contribution in [-0.4, -0.2) is 43.5 Å². The second-order valence-corrected chi connectivity index (χ2v) is 6.97. The monoisotopic (exact) mass is 406 g/mol. The number of nitro groups is 1. The van der Waals surface area contributed by atoms with E-state index in [9.17, 15) is 19.7 Å². The molecule has 0 spiro atoms. The third-order valence-electron chi connectivity index (χ3n) is 5.12. The first kappa shape index (κ1) is 19.3. The summed E-state index contributed by atoms with van der Waals surface area (Å²) in [5.74, 6) is -1.20. The number of aromatic nitrogens is 2. The molecule has 152 valence electrons. The number of non-ortho nitro benzene ring substituents is 1. The Hall–Kier alpha value is -4.01. The number of carbonyl (C=O) groups is 2. The van der Waals surface area contributed by atoms with Crippen LogP contribution < -0.4 is 0 Å². The molecule has 1 atom stereocenters. The highest BCUT2D eigenvalue weighted by atomic mass is 16.6. The van der Waals surface area contributed by atoms with Crippen molar-refractivity contribution in [3.8, 4) is 11.3 Å². The molecule has 9 nitrogen and oxygen atoms in total. The van der Waals surface area contributed by atoms with Crippen molar-refractivity contribution in [2.45, 2.75) is 18.9 Å². The summed E-state index contributed by atoms with van der Waals surface area (Å²) in [6.45, 7) is 0.240. The summed E-state index contributed by atoms with van der Waals surface area (Å²) in [4.78, 5) is 36.1. The largest absolute Gasteiger partial charge is 0.481 e. The lowest BCUT2D eigenvalue weighted by molar-refractivity contribution is -0.384. The van der Waals surface area contributed by atoms with Gasteiger partial charge in [0.05, 0.1) is 16.7 Å². The van der Waals surface area contributed by atoms with Gasteiger partial charge < -0.3 is 10.0 Å². The van der Waals surface area contributed by atoms with Crippen LogP contribution in [0.2, 0.25) is 0 Å². The lowest BCUT2D eigenvalue weighted by atomic mass is 9.96. The van der Waals surface area contributed by atoms with Gasteiger partial charge in [-0.25, -0.2) is 0 Å². The maximum Gasteiger partial charge on any atom is 0.303 e. The highest BCUT2D eigenvalue weighted by molar-refractivity contribution is 6.00. The molecule has 0 aliphatic carbocycles. The number of aromatic amines is 1. The fraction of sp³-hybridized carbons (Fsp3) is 0.190. The van der Waals surface area contributed by atoms with Gasteiger partial charge in [0.2, 0.25) is 0 Å². The van der Waals surface area contributed by atoms with Crippen molar-refractivity contribution >= 4 is 17.6 Å². The molecule has 0 bridgehead atoms. The van der Waals surface area contributed by atoms with Gasteiger partial charge >= 0.3 is 5.97 Å². The Balaban J connectivity index is 1.78. The summed E-state index contributed by atoms with van der Waals surface area (Å²) in [5.41, 5.74) is 3.16. The number of nitrogens with one attached hydrogen (secondary N) is 1. The van der Waals surface area contributed by atoms with Crippen LogP contribution >= 0.6 is 0 Å². The molecule has 30 heavy (non-hydrogen) atoms. The molecule has 3 aromatic rings. The summed E-state index contributed by atoms with van der Waals surface area (Å²) >= 11 is 0. The molecule has 1 unspecified atom stereocenters. The van der Waals surface area contributed by atoms with Gasteiger partial charge in [0.25, 0.3) is 11.6 Å².